The molecule has 0 amide bonds. The van der Waals surface area contributed by atoms with Crippen LogP contribution in [-0.4, -0.2) is 96.7 Å². The number of aliphatic hydroxyl groups excluding tert-OH is 1. The number of carbonyl (C=O) groups is 4. The van der Waals surface area contributed by atoms with Gasteiger partial charge in [-0.1, -0.05) is 330 Å². The van der Waals surface area contributed by atoms with Crippen molar-refractivity contribution in [2.45, 2.75) is 401 Å². The molecule has 19 heteroatoms. The molecule has 17 nitrogen and oxygen atoms in total. The maximum atomic E-state index is 13.1. The Labute approximate surface area is 599 Å². The summed E-state index contributed by atoms with van der Waals surface area (Å²) in [5.74, 6) is 0.192. The van der Waals surface area contributed by atoms with Crippen LogP contribution in [0.25, 0.3) is 0 Å². The van der Waals surface area contributed by atoms with Crippen LogP contribution in [0.5, 0.6) is 0 Å². The number of phosphoric ester groups is 2. The highest BCUT2D eigenvalue weighted by atomic mass is 31.2. The Hall–Kier alpha value is -2.46. The topological polar surface area (TPSA) is 237 Å². The van der Waals surface area contributed by atoms with Crippen molar-refractivity contribution in [1.82, 2.24) is 0 Å². The van der Waals surface area contributed by atoms with Gasteiger partial charge in [0.25, 0.3) is 0 Å². The minimum absolute atomic E-state index is 0.0991. The lowest BCUT2D eigenvalue weighted by molar-refractivity contribution is -0.161. The van der Waals surface area contributed by atoms with Gasteiger partial charge in [0.05, 0.1) is 26.4 Å². The van der Waals surface area contributed by atoms with E-state index in [0.717, 1.165) is 133 Å². The molecule has 3 N–H and O–H groups in total. The highest BCUT2D eigenvalue weighted by molar-refractivity contribution is 7.47. The quantitative estimate of drug-likeness (QED) is 0.0169. The fourth-order valence-corrected chi connectivity index (χ4v) is 13.1. The third-order valence-electron chi connectivity index (χ3n) is 18.5. The Morgan fingerprint density at radius 3 is 0.908 bits per heavy atom. The van der Waals surface area contributed by atoms with Crippen molar-refractivity contribution >= 4 is 39.5 Å². The predicted molar refractivity (Wildman–Crippen MR) is 400 cm³/mol. The summed E-state index contributed by atoms with van der Waals surface area (Å²) in [5.41, 5.74) is 0. The second-order valence-electron chi connectivity index (χ2n) is 28.7. The molecule has 0 saturated heterocycles. The van der Waals surface area contributed by atoms with Gasteiger partial charge in [0, 0.05) is 25.7 Å². The molecule has 0 bridgehead atoms. The fraction of sp³-hybridized carbons (Fsp3) is 0.899. The van der Waals surface area contributed by atoms with Crippen LogP contribution in [0.1, 0.15) is 382 Å². The number of carbonyl (C=O) groups excluding carboxylic acids is 4. The van der Waals surface area contributed by atoms with Crippen molar-refractivity contribution in [2.75, 3.05) is 39.6 Å². The van der Waals surface area contributed by atoms with Crippen molar-refractivity contribution < 1.29 is 80.2 Å². The predicted octanol–water partition coefficient (Wildman–Crippen LogP) is 22.9. The summed E-state index contributed by atoms with van der Waals surface area (Å²) in [5, 5.41) is 10.6. The molecule has 578 valence electrons. The highest BCUT2D eigenvalue weighted by Crippen LogP contribution is 2.45. The van der Waals surface area contributed by atoms with Crippen LogP contribution in [0.3, 0.4) is 0 Å². The zero-order valence-electron chi connectivity index (χ0n) is 63.7. The first kappa shape index (κ1) is 95.5. The standard InChI is InChI=1S/C79H150O17P2/c1-8-11-12-13-14-15-16-17-20-24-27-33-38-46-53-60-76(81)89-66-74(95-79(84)63-56-49-40-35-30-29-32-37-44-51-58-71(6)9-2)68-93-97(85,86)91-64-73(80)65-92-98(87,88)94-69-75(67-90-77(82)61-54-47-42-41-45-52-59-72(7)10-3)96-78(83)62-55-48-39-34-28-25-22-19-18-21-23-26-31-36-43-50-57-70(4)5/h15-17,20,70-75,80H,8-14,18-19,21-69H2,1-7H3,(H,85,86)(H,87,88)/b16-15-,20-17-/t71?,72?,73-,74-,75-/m1/s1. The van der Waals surface area contributed by atoms with Crippen molar-refractivity contribution in [1.29, 1.82) is 0 Å². The molecule has 0 aromatic heterocycles. The number of hydrogen-bond acceptors (Lipinski definition) is 15. The molecule has 4 unspecified atom stereocenters. The zero-order valence-corrected chi connectivity index (χ0v) is 65.5. The number of rotatable bonds is 75. The molecule has 0 aromatic rings. The molecule has 0 aromatic carbocycles. The lowest BCUT2D eigenvalue weighted by Gasteiger charge is -2.21. The average molecular weight is 1430 g/mol. The summed E-state index contributed by atoms with van der Waals surface area (Å²) in [6.07, 6.45) is 59.0. The first-order chi connectivity index (χ1) is 47.3. The van der Waals surface area contributed by atoms with E-state index in [4.69, 9.17) is 37.0 Å². The van der Waals surface area contributed by atoms with E-state index in [1.807, 2.05) is 0 Å². The second-order valence-corrected chi connectivity index (χ2v) is 31.6. The average Bonchev–Trinajstić information content (AvgIpc) is 1.01. The molecule has 0 aliphatic heterocycles. The molecule has 0 aliphatic carbocycles. The van der Waals surface area contributed by atoms with E-state index in [9.17, 15) is 43.2 Å². The van der Waals surface area contributed by atoms with Gasteiger partial charge in [0.15, 0.2) is 12.2 Å². The molecule has 0 aliphatic rings. The number of aliphatic hydroxyl groups is 1. The first-order valence-electron chi connectivity index (χ1n) is 40.2. The first-order valence-corrected chi connectivity index (χ1v) is 43.2. The number of phosphoric acid groups is 2. The van der Waals surface area contributed by atoms with Gasteiger partial charge in [0.2, 0.25) is 0 Å². The number of esters is 4. The lowest BCUT2D eigenvalue weighted by Crippen LogP contribution is -2.30. The minimum atomic E-state index is -4.97. The smallest absolute Gasteiger partial charge is 0.462 e. The van der Waals surface area contributed by atoms with Crippen molar-refractivity contribution in [3.8, 4) is 0 Å². The summed E-state index contributed by atoms with van der Waals surface area (Å²) in [6.45, 7) is 11.9. The van der Waals surface area contributed by atoms with Crippen molar-refractivity contribution in [2.24, 2.45) is 17.8 Å². The van der Waals surface area contributed by atoms with E-state index >= 15 is 0 Å². The van der Waals surface area contributed by atoms with E-state index in [1.165, 1.54) is 167 Å². The van der Waals surface area contributed by atoms with Crippen LogP contribution < -0.4 is 0 Å². The molecule has 0 rings (SSSR count). The van der Waals surface area contributed by atoms with Crippen LogP contribution in [0.4, 0.5) is 0 Å². The van der Waals surface area contributed by atoms with E-state index in [1.54, 1.807) is 0 Å². The van der Waals surface area contributed by atoms with Gasteiger partial charge < -0.3 is 33.8 Å². The summed E-state index contributed by atoms with van der Waals surface area (Å²) >= 11 is 0. The molecule has 0 spiro atoms. The number of unbranched alkanes of at least 4 members (excludes halogenated alkanes) is 38. The third-order valence-corrected chi connectivity index (χ3v) is 20.4. The molecule has 7 atom stereocenters. The molecular weight excluding hydrogens is 1280 g/mol. The third kappa shape index (κ3) is 69.3. The highest BCUT2D eigenvalue weighted by Gasteiger charge is 2.30. The Bertz CT molecular complexity index is 2000. The minimum Gasteiger partial charge on any atom is -0.462 e. The van der Waals surface area contributed by atoms with Crippen molar-refractivity contribution in [3.05, 3.63) is 24.3 Å². The summed E-state index contributed by atoms with van der Waals surface area (Å²) in [7, 11) is -9.93. The molecule has 0 heterocycles. The van der Waals surface area contributed by atoms with Gasteiger partial charge in [-0.15, -0.1) is 0 Å². The monoisotopic (exact) mass is 1430 g/mol. The Kier molecular flexibility index (Phi) is 67.2. The normalized spacial score (nSPS) is 14.7. The summed E-state index contributed by atoms with van der Waals surface area (Å²) in [4.78, 5) is 72.9. The molecule has 98 heavy (non-hydrogen) atoms. The summed E-state index contributed by atoms with van der Waals surface area (Å²) < 4.78 is 68.6. The summed E-state index contributed by atoms with van der Waals surface area (Å²) in [6, 6.07) is 0. The van der Waals surface area contributed by atoms with Gasteiger partial charge in [-0.25, -0.2) is 9.13 Å². The lowest BCUT2D eigenvalue weighted by atomic mass is 9.99. The van der Waals surface area contributed by atoms with Crippen LogP contribution in [0.15, 0.2) is 24.3 Å². The van der Waals surface area contributed by atoms with Gasteiger partial charge in [0.1, 0.15) is 19.3 Å². The van der Waals surface area contributed by atoms with Crippen LogP contribution in [0.2, 0.25) is 0 Å². The molecule has 0 saturated carbocycles. The molecule has 0 fully saturated rings. The number of ether oxygens (including phenoxy) is 4. The maximum Gasteiger partial charge on any atom is 0.472 e. The Morgan fingerprint density at radius 2 is 0.602 bits per heavy atom. The van der Waals surface area contributed by atoms with Crippen LogP contribution in [-0.2, 0) is 65.4 Å². The van der Waals surface area contributed by atoms with E-state index in [0.29, 0.717) is 25.7 Å². The van der Waals surface area contributed by atoms with Gasteiger partial charge in [-0.2, -0.15) is 0 Å². The second kappa shape index (κ2) is 68.9. The largest absolute Gasteiger partial charge is 0.472 e. The number of allylic oxidation sites excluding steroid dienone is 4. The van der Waals surface area contributed by atoms with E-state index in [2.05, 4.69) is 72.8 Å². The van der Waals surface area contributed by atoms with E-state index in [-0.39, 0.29) is 25.7 Å². The Morgan fingerprint density at radius 1 is 0.337 bits per heavy atom. The van der Waals surface area contributed by atoms with Gasteiger partial charge in [-0.3, -0.25) is 37.3 Å². The number of hydrogen-bond donors (Lipinski definition) is 3. The fourth-order valence-electron chi connectivity index (χ4n) is 11.5. The van der Waals surface area contributed by atoms with Crippen LogP contribution in [0, 0.1) is 17.8 Å². The van der Waals surface area contributed by atoms with Gasteiger partial charge in [-0.05, 0) is 69.1 Å². The van der Waals surface area contributed by atoms with Gasteiger partial charge >= 0.3 is 39.5 Å². The molecule has 0 radical (unpaired) electrons. The SMILES string of the molecule is CCCCCC/C=C\C=C/CCCCCCCC(=O)OC[C@H](COP(=O)(O)OC[C@@H](O)COP(=O)(O)OC[C@@H](COC(=O)CCCCCCCCC(C)CC)OC(=O)CCCCCCCCCCCCCCCCCCC(C)C)OC(=O)CCCCCCCCCCCCC(C)CC. The zero-order chi connectivity index (χ0) is 72.3. The van der Waals surface area contributed by atoms with E-state index < -0.39 is 97.5 Å². The maximum absolute atomic E-state index is 13.1. The molecular formula is C79H150O17P2. The van der Waals surface area contributed by atoms with Crippen molar-refractivity contribution in [3.63, 3.8) is 0 Å². The van der Waals surface area contributed by atoms with Crippen LogP contribution >= 0.6 is 15.6 Å². The Balaban J connectivity index is 5.27.